The molecule has 0 aromatic carbocycles. The zero-order valence-corrected chi connectivity index (χ0v) is 12.5. The van der Waals surface area contributed by atoms with Gasteiger partial charge in [0.05, 0.1) is 12.4 Å². The van der Waals surface area contributed by atoms with E-state index in [4.69, 9.17) is 10.7 Å². The maximum atomic E-state index is 6.18. The smallest absolute Gasteiger partial charge is 0.165 e. The van der Waals surface area contributed by atoms with Crippen molar-refractivity contribution in [2.24, 2.45) is 7.05 Å². The maximum Gasteiger partial charge on any atom is 0.165 e. The number of aromatic nitrogens is 5. The first-order chi connectivity index (χ1) is 10.7. The van der Waals surface area contributed by atoms with Crippen molar-refractivity contribution in [3.05, 3.63) is 30.4 Å². The predicted octanol–water partition coefficient (Wildman–Crippen LogP) is 1.18. The SMILES string of the molecule is Cn1cc(-c2cnn3c(N)cc(C4CCNCC4)nc23)cn1. The number of hydrogen-bond donors (Lipinski definition) is 2. The Morgan fingerprint density at radius 3 is 2.77 bits per heavy atom. The van der Waals surface area contributed by atoms with E-state index in [-0.39, 0.29) is 0 Å². The topological polar surface area (TPSA) is 86.1 Å². The molecule has 1 aliphatic heterocycles. The molecule has 3 aromatic rings. The summed E-state index contributed by atoms with van der Waals surface area (Å²) in [5.41, 5.74) is 10.0. The summed E-state index contributed by atoms with van der Waals surface area (Å²) in [6, 6.07) is 1.96. The van der Waals surface area contributed by atoms with Gasteiger partial charge in [-0.2, -0.15) is 14.7 Å². The lowest BCUT2D eigenvalue weighted by molar-refractivity contribution is 0.453. The molecule has 0 atom stereocenters. The minimum absolute atomic E-state index is 0.463. The summed E-state index contributed by atoms with van der Waals surface area (Å²) in [6.45, 7) is 2.07. The third kappa shape index (κ3) is 2.14. The lowest BCUT2D eigenvalue weighted by atomic mass is 9.94. The summed E-state index contributed by atoms with van der Waals surface area (Å²) >= 11 is 0. The molecule has 1 aliphatic rings. The fourth-order valence-electron chi connectivity index (χ4n) is 3.10. The Kier molecular flexibility index (Phi) is 3.07. The van der Waals surface area contributed by atoms with Crippen molar-refractivity contribution in [2.75, 3.05) is 18.8 Å². The van der Waals surface area contributed by atoms with Crippen LogP contribution in [0.15, 0.2) is 24.7 Å². The Labute approximate surface area is 128 Å². The Balaban J connectivity index is 1.84. The van der Waals surface area contributed by atoms with Crippen molar-refractivity contribution in [3.8, 4) is 11.1 Å². The first-order valence-corrected chi connectivity index (χ1v) is 7.56. The van der Waals surface area contributed by atoms with Gasteiger partial charge in [-0.25, -0.2) is 4.98 Å². The monoisotopic (exact) mass is 297 g/mol. The van der Waals surface area contributed by atoms with Crippen LogP contribution in [-0.4, -0.2) is 37.5 Å². The van der Waals surface area contributed by atoms with Crippen molar-refractivity contribution in [3.63, 3.8) is 0 Å². The highest BCUT2D eigenvalue weighted by Crippen LogP contribution is 2.29. The van der Waals surface area contributed by atoms with E-state index in [1.165, 1.54) is 0 Å². The summed E-state index contributed by atoms with van der Waals surface area (Å²) < 4.78 is 3.48. The molecule has 22 heavy (non-hydrogen) atoms. The van der Waals surface area contributed by atoms with Gasteiger partial charge in [-0.15, -0.1) is 0 Å². The Morgan fingerprint density at radius 1 is 1.23 bits per heavy atom. The third-order valence-corrected chi connectivity index (χ3v) is 4.29. The lowest BCUT2D eigenvalue weighted by Crippen LogP contribution is -2.27. The minimum Gasteiger partial charge on any atom is -0.384 e. The van der Waals surface area contributed by atoms with Crippen molar-refractivity contribution in [1.82, 2.24) is 29.7 Å². The van der Waals surface area contributed by atoms with Crippen molar-refractivity contribution >= 4 is 11.5 Å². The number of nitrogens with zero attached hydrogens (tertiary/aromatic N) is 5. The van der Waals surface area contributed by atoms with Crippen LogP contribution in [0.3, 0.4) is 0 Å². The van der Waals surface area contributed by atoms with Gasteiger partial charge in [0.2, 0.25) is 0 Å². The highest BCUT2D eigenvalue weighted by atomic mass is 15.3. The van der Waals surface area contributed by atoms with Crippen molar-refractivity contribution in [1.29, 1.82) is 0 Å². The molecular formula is C15H19N7. The molecule has 0 bridgehead atoms. The first-order valence-electron chi connectivity index (χ1n) is 7.56. The van der Waals surface area contributed by atoms with Crippen LogP contribution < -0.4 is 11.1 Å². The van der Waals surface area contributed by atoms with Crippen molar-refractivity contribution < 1.29 is 0 Å². The number of nitrogen functional groups attached to an aromatic ring is 1. The Hall–Kier alpha value is -2.41. The van der Waals surface area contributed by atoms with Crippen LogP contribution in [0.2, 0.25) is 0 Å². The third-order valence-electron chi connectivity index (χ3n) is 4.29. The van der Waals surface area contributed by atoms with Crippen LogP contribution in [0.4, 0.5) is 5.82 Å². The number of hydrogen-bond acceptors (Lipinski definition) is 5. The van der Waals surface area contributed by atoms with Crippen LogP contribution in [0.5, 0.6) is 0 Å². The molecule has 3 aromatic heterocycles. The predicted molar refractivity (Wildman–Crippen MR) is 84.4 cm³/mol. The molecule has 1 saturated heterocycles. The molecule has 0 unspecified atom stereocenters. The number of fused-ring (bicyclic) bond motifs is 1. The first kappa shape index (κ1) is 13.3. The van der Waals surface area contributed by atoms with E-state index in [0.717, 1.165) is 48.4 Å². The fourth-order valence-corrected chi connectivity index (χ4v) is 3.10. The van der Waals surface area contributed by atoms with Crippen molar-refractivity contribution in [2.45, 2.75) is 18.8 Å². The zero-order chi connectivity index (χ0) is 15.1. The second kappa shape index (κ2) is 5.10. The van der Waals surface area contributed by atoms with Gasteiger partial charge in [0.25, 0.3) is 0 Å². The summed E-state index contributed by atoms with van der Waals surface area (Å²) in [7, 11) is 1.90. The van der Waals surface area contributed by atoms with Crippen LogP contribution in [-0.2, 0) is 7.05 Å². The molecule has 4 heterocycles. The van der Waals surface area contributed by atoms with Gasteiger partial charge < -0.3 is 11.1 Å². The fraction of sp³-hybridized carbons (Fsp3) is 0.400. The number of nitrogens with two attached hydrogens (primary N) is 1. The van der Waals surface area contributed by atoms with E-state index in [2.05, 4.69) is 15.5 Å². The van der Waals surface area contributed by atoms with Gasteiger partial charge in [0.1, 0.15) is 5.82 Å². The van der Waals surface area contributed by atoms with Gasteiger partial charge in [-0.3, -0.25) is 4.68 Å². The second-order valence-corrected chi connectivity index (χ2v) is 5.83. The zero-order valence-electron chi connectivity index (χ0n) is 12.5. The van der Waals surface area contributed by atoms with Gasteiger partial charge in [0.15, 0.2) is 5.65 Å². The van der Waals surface area contributed by atoms with Gasteiger partial charge in [-0.05, 0) is 25.9 Å². The van der Waals surface area contributed by atoms with Gasteiger partial charge >= 0.3 is 0 Å². The molecular weight excluding hydrogens is 278 g/mol. The van der Waals surface area contributed by atoms with E-state index < -0.39 is 0 Å². The summed E-state index contributed by atoms with van der Waals surface area (Å²) in [5, 5.41) is 12.0. The van der Waals surface area contributed by atoms with Gasteiger partial charge in [-0.1, -0.05) is 0 Å². The molecule has 0 saturated carbocycles. The summed E-state index contributed by atoms with van der Waals surface area (Å²) in [6.07, 6.45) is 7.79. The number of anilines is 1. The molecule has 114 valence electrons. The van der Waals surface area contributed by atoms with E-state index in [1.54, 1.807) is 9.20 Å². The van der Waals surface area contributed by atoms with Crippen LogP contribution in [0.25, 0.3) is 16.8 Å². The molecule has 1 fully saturated rings. The molecule has 7 heteroatoms. The van der Waals surface area contributed by atoms with E-state index in [1.807, 2.05) is 31.7 Å². The number of nitrogens with one attached hydrogen (secondary N) is 1. The van der Waals surface area contributed by atoms with E-state index in [9.17, 15) is 0 Å². The average molecular weight is 297 g/mol. The largest absolute Gasteiger partial charge is 0.384 e. The normalized spacial score (nSPS) is 16.4. The number of piperidine rings is 1. The molecule has 3 N–H and O–H groups in total. The van der Waals surface area contributed by atoms with Gasteiger partial charge in [0, 0.05) is 42.0 Å². The maximum absolute atomic E-state index is 6.18. The number of rotatable bonds is 2. The molecule has 7 nitrogen and oxygen atoms in total. The molecule has 0 aliphatic carbocycles. The summed E-state index contributed by atoms with van der Waals surface area (Å²) in [5.74, 6) is 1.10. The quantitative estimate of drug-likeness (QED) is 0.742. The Morgan fingerprint density at radius 2 is 2.05 bits per heavy atom. The average Bonchev–Trinajstić information content (AvgIpc) is 3.14. The molecule has 0 radical (unpaired) electrons. The van der Waals surface area contributed by atoms with Crippen LogP contribution in [0, 0.1) is 0 Å². The van der Waals surface area contributed by atoms with Crippen LogP contribution >= 0.6 is 0 Å². The number of aryl methyl sites for hydroxylation is 1. The highest BCUT2D eigenvalue weighted by molar-refractivity contribution is 5.77. The standard InChI is InChI=1S/C15H19N7/c1-21-9-11(7-18-21)12-8-19-22-14(16)6-13(20-15(12)22)10-2-4-17-5-3-10/h6-10,17H,2-5,16H2,1H3. The second-order valence-electron chi connectivity index (χ2n) is 5.83. The van der Waals surface area contributed by atoms with Crippen LogP contribution in [0.1, 0.15) is 24.5 Å². The molecule has 0 amide bonds. The lowest BCUT2D eigenvalue weighted by Gasteiger charge is -2.22. The summed E-state index contributed by atoms with van der Waals surface area (Å²) in [4.78, 5) is 4.86. The molecule has 4 rings (SSSR count). The van der Waals surface area contributed by atoms with E-state index >= 15 is 0 Å². The minimum atomic E-state index is 0.463. The molecule has 0 spiro atoms. The Bertz CT molecular complexity index is 811. The van der Waals surface area contributed by atoms with E-state index in [0.29, 0.717) is 11.7 Å². The highest BCUT2D eigenvalue weighted by Gasteiger charge is 2.20.